The Morgan fingerprint density at radius 1 is 1.20 bits per heavy atom. The van der Waals surface area contributed by atoms with E-state index in [1.165, 1.54) is 35.4 Å². The monoisotopic (exact) mass is 294 g/mol. The first-order chi connectivity index (χ1) is 9.30. The first-order valence-electron chi connectivity index (χ1n) is 5.75. The molecule has 1 heterocycles. The molecule has 0 saturated heterocycles. The fraction of sp³-hybridized carbons (Fsp3) is 0.154. The summed E-state index contributed by atoms with van der Waals surface area (Å²) in [5.74, 6) is 0.294. The van der Waals surface area contributed by atoms with E-state index in [0.29, 0.717) is 17.0 Å². The molecule has 2 N–H and O–H groups in total. The van der Waals surface area contributed by atoms with Crippen molar-refractivity contribution < 1.29 is 17.6 Å². The number of benzene rings is 1. The Morgan fingerprint density at radius 3 is 2.25 bits per heavy atom. The van der Waals surface area contributed by atoms with Crippen LogP contribution >= 0.6 is 0 Å². The zero-order valence-corrected chi connectivity index (χ0v) is 11.8. The number of rotatable bonds is 3. The van der Waals surface area contributed by atoms with Gasteiger partial charge in [-0.05, 0) is 37.3 Å². The molecule has 0 atom stereocenters. The van der Waals surface area contributed by atoms with E-state index in [4.69, 9.17) is 9.56 Å². The molecule has 0 fully saturated rings. The van der Waals surface area contributed by atoms with Gasteiger partial charge in [0.1, 0.15) is 5.76 Å². The maximum Gasteiger partial charge on any atom is 0.261 e. The highest BCUT2D eigenvalue weighted by molar-refractivity contribution is 7.89. The molecule has 0 radical (unpaired) electrons. The summed E-state index contributed by atoms with van der Waals surface area (Å²) in [7, 11) is -2.14. The number of sulfonamides is 1. The van der Waals surface area contributed by atoms with Gasteiger partial charge in [-0.25, -0.2) is 13.6 Å². The van der Waals surface area contributed by atoms with Crippen LogP contribution in [0.1, 0.15) is 16.1 Å². The third-order valence-corrected chi connectivity index (χ3v) is 3.88. The lowest BCUT2D eigenvalue weighted by molar-refractivity contribution is 0.0991. The van der Waals surface area contributed by atoms with Gasteiger partial charge in [0.15, 0.2) is 0 Å². The number of hydrogen-bond donors (Lipinski definition) is 1. The lowest BCUT2D eigenvalue weighted by Crippen LogP contribution is -2.26. The number of carbonyl (C=O) groups is 1. The van der Waals surface area contributed by atoms with Crippen molar-refractivity contribution in [2.24, 2.45) is 5.14 Å². The van der Waals surface area contributed by atoms with Crippen LogP contribution in [0.5, 0.6) is 0 Å². The molecule has 0 saturated carbocycles. The fourth-order valence-corrected chi connectivity index (χ4v) is 2.28. The Morgan fingerprint density at radius 2 is 1.80 bits per heavy atom. The second-order valence-electron chi connectivity index (χ2n) is 4.29. The zero-order chi connectivity index (χ0) is 14.9. The largest absolute Gasteiger partial charge is 0.469 e. The quantitative estimate of drug-likeness (QED) is 0.928. The normalized spacial score (nSPS) is 11.3. The van der Waals surface area contributed by atoms with Crippen molar-refractivity contribution in [1.82, 2.24) is 0 Å². The molecule has 0 bridgehead atoms. The Labute approximate surface area is 116 Å². The highest BCUT2D eigenvalue weighted by Crippen LogP contribution is 2.19. The van der Waals surface area contributed by atoms with E-state index in [9.17, 15) is 13.2 Å². The van der Waals surface area contributed by atoms with Gasteiger partial charge in [-0.15, -0.1) is 0 Å². The van der Waals surface area contributed by atoms with Gasteiger partial charge < -0.3 is 9.32 Å². The van der Waals surface area contributed by atoms with Gasteiger partial charge in [0.2, 0.25) is 10.0 Å². The Balaban J connectivity index is 2.28. The van der Waals surface area contributed by atoms with Gasteiger partial charge in [-0.3, -0.25) is 4.79 Å². The molecule has 0 aliphatic rings. The number of nitrogens with two attached hydrogens (primary N) is 1. The molecular weight excluding hydrogens is 280 g/mol. The van der Waals surface area contributed by atoms with E-state index in [2.05, 4.69) is 0 Å². The molecule has 0 aliphatic heterocycles. The van der Waals surface area contributed by atoms with Crippen LogP contribution in [0.25, 0.3) is 0 Å². The lowest BCUT2D eigenvalue weighted by atomic mass is 10.2. The summed E-state index contributed by atoms with van der Waals surface area (Å²) in [4.78, 5) is 13.6. The molecular formula is C13H14N2O4S. The van der Waals surface area contributed by atoms with Crippen LogP contribution in [-0.4, -0.2) is 21.4 Å². The molecule has 6 nitrogen and oxygen atoms in total. The predicted molar refractivity (Wildman–Crippen MR) is 74.0 cm³/mol. The summed E-state index contributed by atoms with van der Waals surface area (Å²) < 4.78 is 27.4. The van der Waals surface area contributed by atoms with E-state index in [1.807, 2.05) is 0 Å². The van der Waals surface area contributed by atoms with Crippen LogP contribution in [-0.2, 0) is 10.0 Å². The minimum atomic E-state index is -3.73. The van der Waals surface area contributed by atoms with Gasteiger partial charge in [0.05, 0.1) is 16.7 Å². The van der Waals surface area contributed by atoms with Crippen molar-refractivity contribution in [2.75, 3.05) is 11.9 Å². The van der Waals surface area contributed by atoms with Gasteiger partial charge in [-0.1, -0.05) is 0 Å². The Bertz CT molecular complexity index is 732. The van der Waals surface area contributed by atoms with Crippen LogP contribution in [0, 0.1) is 6.92 Å². The molecule has 1 aromatic carbocycles. The van der Waals surface area contributed by atoms with Gasteiger partial charge in [-0.2, -0.15) is 0 Å². The van der Waals surface area contributed by atoms with Crippen LogP contribution in [0.3, 0.4) is 0 Å². The van der Waals surface area contributed by atoms with Crippen LogP contribution < -0.4 is 10.0 Å². The Hall–Kier alpha value is -2.12. The second-order valence-corrected chi connectivity index (χ2v) is 5.85. The number of furan rings is 1. The molecule has 1 aromatic heterocycles. The molecule has 0 unspecified atom stereocenters. The van der Waals surface area contributed by atoms with E-state index in [-0.39, 0.29) is 10.8 Å². The average molecular weight is 294 g/mol. The van der Waals surface area contributed by atoms with Crippen molar-refractivity contribution in [2.45, 2.75) is 11.8 Å². The first-order valence-corrected chi connectivity index (χ1v) is 7.30. The summed E-state index contributed by atoms with van der Waals surface area (Å²) in [6, 6.07) is 7.35. The van der Waals surface area contributed by atoms with Gasteiger partial charge in [0, 0.05) is 12.7 Å². The standard InChI is InChI=1S/C13H14N2O4S/c1-9-12(7-8-19-9)13(16)15(2)10-3-5-11(6-4-10)20(14,17)18/h3-8H,1-2H3,(H2,14,17,18). The number of nitrogens with zero attached hydrogens (tertiary/aromatic N) is 1. The number of primary sulfonamides is 1. The minimum absolute atomic E-state index is 0.00147. The first kappa shape index (κ1) is 14.3. The molecule has 20 heavy (non-hydrogen) atoms. The molecule has 2 aromatic rings. The topological polar surface area (TPSA) is 93.6 Å². The SMILES string of the molecule is Cc1occc1C(=O)N(C)c1ccc(S(N)(=O)=O)cc1. The van der Waals surface area contributed by atoms with E-state index in [1.54, 1.807) is 20.0 Å². The molecule has 106 valence electrons. The maximum atomic E-state index is 12.2. The lowest BCUT2D eigenvalue weighted by Gasteiger charge is -2.17. The number of aryl methyl sites for hydroxylation is 1. The number of anilines is 1. The summed E-state index contributed by atoms with van der Waals surface area (Å²) in [5, 5.41) is 5.02. The maximum absolute atomic E-state index is 12.2. The number of amides is 1. The van der Waals surface area contributed by atoms with Crippen molar-refractivity contribution in [3.05, 3.63) is 47.9 Å². The highest BCUT2D eigenvalue weighted by atomic mass is 32.2. The smallest absolute Gasteiger partial charge is 0.261 e. The summed E-state index contributed by atoms with van der Waals surface area (Å²) >= 11 is 0. The minimum Gasteiger partial charge on any atom is -0.469 e. The predicted octanol–water partition coefficient (Wildman–Crippen LogP) is 1.51. The Kier molecular flexibility index (Phi) is 3.65. The van der Waals surface area contributed by atoms with Crippen LogP contribution in [0.4, 0.5) is 5.69 Å². The van der Waals surface area contributed by atoms with Crippen molar-refractivity contribution in [3.8, 4) is 0 Å². The molecule has 1 amide bonds. The average Bonchev–Trinajstić information content (AvgIpc) is 2.82. The summed E-state index contributed by atoms with van der Waals surface area (Å²) in [5.41, 5.74) is 1.02. The van der Waals surface area contributed by atoms with Crippen molar-refractivity contribution in [3.63, 3.8) is 0 Å². The zero-order valence-electron chi connectivity index (χ0n) is 11.0. The fourth-order valence-electron chi connectivity index (χ4n) is 1.76. The van der Waals surface area contributed by atoms with Gasteiger partial charge in [0.25, 0.3) is 5.91 Å². The van der Waals surface area contributed by atoms with Crippen LogP contribution in [0.2, 0.25) is 0 Å². The van der Waals surface area contributed by atoms with E-state index >= 15 is 0 Å². The number of hydrogen-bond acceptors (Lipinski definition) is 4. The molecule has 7 heteroatoms. The van der Waals surface area contributed by atoms with Crippen LogP contribution in [0.15, 0.2) is 45.9 Å². The van der Waals surface area contributed by atoms with Crippen molar-refractivity contribution in [1.29, 1.82) is 0 Å². The van der Waals surface area contributed by atoms with Gasteiger partial charge >= 0.3 is 0 Å². The third-order valence-electron chi connectivity index (χ3n) is 2.95. The number of carbonyl (C=O) groups excluding carboxylic acids is 1. The molecule has 0 spiro atoms. The summed E-state index contributed by atoms with van der Waals surface area (Å²) in [6.45, 7) is 1.70. The van der Waals surface area contributed by atoms with E-state index < -0.39 is 10.0 Å². The highest BCUT2D eigenvalue weighted by Gasteiger charge is 2.18. The van der Waals surface area contributed by atoms with Crippen molar-refractivity contribution >= 4 is 21.6 Å². The molecule has 2 rings (SSSR count). The third kappa shape index (κ3) is 2.73. The molecule has 0 aliphatic carbocycles. The van der Waals surface area contributed by atoms with E-state index in [0.717, 1.165) is 0 Å². The summed E-state index contributed by atoms with van der Waals surface area (Å²) in [6.07, 6.45) is 1.44. The second kappa shape index (κ2) is 5.10.